The fraction of sp³-hybridized carbons (Fsp3) is 0.409. The first-order valence-corrected chi connectivity index (χ1v) is 9.69. The zero-order valence-electron chi connectivity index (χ0n) is 16.6. The largest absolute Gasteiger partial charge is 0.493 e. The monoisotopic (exact) mass is 399 g/mol. The van der Waals surface area contributed by atoms with Gasteiger partial charge in [-0.1, -0.05) is 12.1 Å². The van der Waals surface area contributed by atoms with E-state index >= 15 is 0 Å². The van der Waals surface area contributed by atoms with E-state index in [1.54, 1.807) is 14.2 Å². The lowest BCUT2D eigenvalue weighted by Gasteiger charge is -2.37. The van der Waals surface area contributed by atoms with Crippen molar-refractivity contribution >= 4 is 5.97 Å². The van der Waals surface area contributed by atoms with E-state index in [0.717, 1.165) is 22.6 Å². The Morgan fingerprint density at radius 1 is 1.00 bits per heavy atom. The molecule has 1 saturated heterocycles. The number of ether oxygens (including phenoxy) is 4. The quantitative estimate of drug-likeness (QED) is 0.798. The fourth-order valence-electron chi connectivity index (χ4n) is 4.12. The van der Waals surface area contributed by atoms with Gasteiger partial charge >= 0.3 is 5.97 Å². The predicted octanol–water partition coefficient (Wildman–Crippen LogP) is 3.32. The summed E-state index contributed by atoms with van der Waals surface area (Å²) in [6.45, 7) is 1.62. The number of rotatable bonds is 6. The Morgan fingerprint density at radius 2 is 1.66 bits per heavy atom. The summed E-state index contributed by atoms with van der Waals surface area (Å²) < 4.78 is 21.9. The minimum atomic E-state index is -0.713. The molecule has 0 radical (unpaired) electrons. The van der Waals surface area contributed by atoms with Crippen LogP contribution >= 0.6 is 0 Å². The average molecular weight is 399 g/mol. The van der Waals surface area contributed by atoms with E-state index in [0.29, 0.717) is 37.4 Å². The molecule has 1 N–H and O–H groups in total. The van der Waals surface area contributed by atoms with Crippen molar-refractivity contribution in [1.29, 1.82) is 0 Å². The van der Waals surface area contributed by atoms with Crippen LogP contribution in [0.2, 0.25) is 0 Å². The van der Waals surface area contributed by atoms with Gasteiger partial charge < -0.3 is 24.1 Å². The molecule has 0 aromatic heterocycles. The second-order valence-corrected chi connectivity index (χ2v) is 7.28. The van der Waals surface area contributed by atoms with E-state index in [-0.39, 0.29) is 18.8 Å². The number of likely N-dealkylation sites (tertiary alicyclic amines) is 1. The molecular formula is C22H25NO6. The molecule has 29 heavy (non-hydrogen) atoms. The molecule has 0 aliphatic carbocycles. The van der Waals surface area contributed by atoms with Crippen LogP contribution in [-0.2, 0) is 4.79 Å². The number of hydrogen-bond donors (Lipinski definition) is 1. The first-order valence-electron chi connectivity index (χ1n) is 9.69. The lowest BCUT2D eigenvalue weighted by molar-refractivity contribution is -0.143. The summed E-state index contributed by atoms with van der Waals surface area (Å²) in [5, 5.41) is 9.35. The Hall–Kier alpha value is -2.93. The molecule has 0 spiro atoms. The highest BCUT2D eigenvalue weighted by atomic mass is 16.7. The second kappa shape index (κ2) is 8.21. The van der Waals surface area contributed by atoms with E-state index in [1.165, 1.54) is 0 Å². The van der Waals surface area contributed by atoms with Gasteiger partial charge in [-0.05, 0) is 61.3 Å². The van der Waals surface area contributed by atoms with Crippen LogP contribution < -0.4 is 18.9 Å². The summed E-state index contributed by atoms with van der Waals surface area (Å²) in [5.41, 5.74) is 2.12. The minimum Gasteiger partial charge on any atom is -0.493 e. The van der Waals surface area contributed by atoms with E-state index in [1.807, 2.05) is 36.4 Å². The Bertz CT molecular complexity index is 891. The van der Waals surface area contributed by atoms with Gasteiger partial charge in [-0.25, -0.2) is 0 Å². The van der Waals surface area contributed by atoms with Crippen LogP contribution in [0, 0.1) is 5.92 Å². The fourth-order valence-corrected chi connectivity index (χ4v) is 4.12. The van der Waals surface area contributed by atoms with E-state index in [2.05, 4.69) is 4.90 Å². The van der Waals surface area contributed by atoms with Crippen molar-refractivity contribution in [3.8, 4) is 23.0 Å². The van der Waals surface area contributed by atoms with Gasteiger partial charge in [-0.3, -0.25) is 9.69 Å². The number of carboxylic acid groups (broad SMARTS) is 1. The molecule has 7 heteroatoms. The molecule has 2 aromatic carbocycles. The lowest BCUT2D eigenvalue weighted by atomic mass is 9.91. The Labute approximate surface area is 169 Å². The SMILES string of the molecule is COc1ccc(C(c2ccc3c(c2)OCO3)N2CCC(C(=O)O)CC2)cc1OC. The summed E-state index contributed by atoms with van der Waals surface area (Å²) in [4.78, 5) is 13.7. The summed E-state index contributed by atoms with van der Waals surface area (Å²) in [7, 11) is 3.24. The molecule has 2 aromatic rings. The standard InChI is InChI=1S/C22H25NO6/c1-26-17-5-3-15(11-19(17)27-2)21(23-9-7-14(8-10-23)22(24)25)16-4-6-18-20(12-16)29-13-28-18/h3-6,11-12,14,21H,7-10,13H2,1-2H3,(H,24,25). The van der Waals surface area contributed by atoms with Crippen molar-refractivity contribution in [2.75, 3.05) is 34.1 Å². The van der Waals surface area contributed by atoms with Crippen LogP contribution in [0.25, 0.3) is 0 Å². The molecule has 154 valence electrons. The highest BCUT2D eigenvalue weighted by Gasteiger charge is 2.31. The zero-order valence-corrected chi connectivity index (χ0v) is 16.6. The second-order valence-electron chi connectivity index (χ2n) is 7.28. The zero-order chi connectivity index (χ0) is 20.4. The van der Waals surface area contributed by atoms with E-state index < -0.39 is 5.97 Å². The van der Waals surface area contributed by atoms with E-state index in [9.17, 15) is 9.90 Å². The molecule has 1 fully saturated rings. The summed E-state index contributed by atoms with van der Waals surface area (Å²) in [5.74, 6) is 1.81. The van der Waals surface area contributed by atoms with Gasteiger partial charge in [-0.15, -0.1) is 0 Å². The molecule has 7 nitrogen and oxygen atoms in total. The first-order chi connectivity index (χ1) is 14.1. The summed E-state index contributed by atoms with van der Waals surface area (Å²) in [6.07, 6.45) is 1.26. The maximum atomic E-state index is 11.4. The van der Waals surface area contributed by atoms with Crippen molar-refractivity contribution in [2.24, 2.45) is 5.92 Å². The van der Waals surface area contributed by atoms with Crippen LogP contribution in [0.3, 0.4) is 0 Å². The maximum Gasteiger partial charge on any atom is 0.306 e. The smallest absolute Gasteiger partial charge is 0.306 e. The van der Waals surface area contributed by atoms with Crippen LogP contribution in [0.1, 0.15) is 30.0 Å². The number of methoxy groups -OCH3 is 2. The highest BCUT2D eigenvalue weighted by Crippen LogP contribution is 2.40. The predicted molar refractivity (Wildman–Crippen MR) is 106 cm³/mol. The maximum absolute atomic E-state index is 11.4. The highest BCUT2D eigenvalue weighted by molar-refractivity contribution is 5.70. The normalized spacial score (nSPS) is 17.7. The molecule has 1 unspecified atom stereocenters. The van der Waals surface area contributed by atoms with Crippen LogP contribution in [0.4, 0.5) is 0 Å². The Balaban J connectivity index is 1.71. The van der Waals surface area contributed by atoms with Gasteiger partial charge in [0.2, 0.25) is 6.79 Å². The molecule has 1 atom stereocenters. The number of hydrogen-bond acceptors (Lipinski definition) is 6. The summed E-state index contributed by atoms with van der Waals surface area (Å²) >= 11 is 0. The number of carboxylic acids is 1. The van der Waals surface area contributed by atoms with Gasteiger partial charge in [0.15, 0.2) is 23.0 Å². The van der Waals surface area contributed by atoms with Gasteiger partial charge in [-0.2, -0.15) is 0 Å². The van der Waals surface area contributed by atoms with Crippen molar-refractivity contribution < 1.29 is 28.8 Å². The molecule has 2 heterocycles. The van der Waals surface area contributed by atoms with Crippen molar-refractivity contribution in [2.45, 2.75) is 18.9 Å². The molecular weight excluding hydrogens is 374 g/mol. The number of fused-ring (bicyclic) bond motifs is 1. The topological polar surface area (TPSA) is 77.5 Å². The van der Waals surface area contributed by atoms with E-state index in [4.69, 9.17) is 18.9 Å². The molecule has 4 rings (SSSR count). The summed E-state index contributed by atoms with van der Waals surface area (Å²) in [6, 6.07) is 11.8. The number of nitrogens with zero attached hydrogens (tertiary/aromatic N) is 1. The third-order valence-corrected chi connectivity index (χ3v) is 5.68. The molecule has 2 aliphatic rings. The molecule has 2 aliphatic heterocycles. The number of benzene rings is 2. The van der Waals surface area contributed by atoms with Crippen molar-refractivity contribution in [3.05, 3.63) is 47.5 Å². The van der Waals surface area contributed by atoms with Crippen molar-refractivity contribution in [1.82, 2.24) is 4.90 Å². The van der Waals surface area contributed by atoms with Gasteiger partial charge in [0, 0.05) is 0 Å². The third kappa shape index (κ3) is 3.82. The van der Waals surface area contributed by atoms with Crippen molar-refractivity contribution in [3.63, 3.8) is 0 Å². The van der Waals surface area contributed by atoms with Crippen LogP contribution in [0.15, 0.2) is 36.4 Å². The minimum absolute atomic E-state index is 0.0564. The number of piperidine rings is 1. The Kier molecular flexibility index (Phi) is 5.49. The Morgan fingerprint density at radius 3 is 2.34 bits per heavy atom. The van der Waals surface area contributed by atoms with Crippen LogP contribution in [0.5, 0.6) is 23.0 Å². The molecule has 0 amide bonds. The van der Waals surface area contributed by atoms with Gasteiger partial charge in [0.1, 0.15) is 0 Å². The lowest BCUT2D eigenvalue weighted by Crippen LogP contribution is -2.39. The van der Waals surface area contributed by atoms with Crippen LogP contribution in [-0.4, -0.2) is 50.1 Å². The first kappa shape index (κ1) is 19.4. The number of aliphatic carboxylic acids is 1. The average Bonchev–Trinajstić information content (AvgIpc) is 3.22. The molecule has 0 saturated carbocycles. The third-order valence-electron chi connectivity index (χ3n) is 5.68. The molecule has 0 bridgehead atoms. The number of carbonyl (C=O) groups is 1. The van der Waals surface area contributed by atoms with Gasteiger partial charge in [0.25, 0.3) is 0 Å². The van der Waals surface area contributed by atoms with Gasteiger partial charge in [0.05, 0.1) is 26.2 Å².